The van der Waals surface area contributed by atoms with E-state index in [1.54, 1.807) is 73.0 Å². The summed E-state index contributed by atoms with van der Waals surface area (Å²) >= 11 is 0. The number of hydrogen-bond donors (Lipinski definition) is 2. The third-order valence-electron chi connectivity index (χ3n) is 15.0. The van der Waals surface area contributed by atoms with Crippen molar-refractivity contribution in [2.75, 3.05) is 281 Å². The van der Waals surface area contributed by atoms with Gasteiger partial charge < -0.3 is 124 Å². The molecule has 0 saturated carbocycles. The van der Waals surface area contributed by atoms with Crippen molar-refractivity contribution in [3.63, 3.8) is 0 Å². The van der Waals surface area contributed by atoms with Crippen LogP contribution in [0, 0.1) is 0 Å². The Hall–Kier alpha value is -7.42. The highest BCUT2D eigenvalue weighted by atomic mass is 16.6. The van der Waals surface area contributed by atoms with Gasteiger partial charge in [-0.25, -0.2) is 30.0 Å². The molecule has 2 N–H and O–H groups in total. The van der Waals surface area contributed by atoms with Gasteiger partial charge in [-0.3, -0.25) is 0 Å². The Bertz CT molecular complexity index is 3580. The van der Waals surface area contributed by atoms with E-state index < -0.39 is 0 Å². The molecule has 0 spiro atoms. The minimum absolute atomic E-state index is 0.130. The van der Waals surface area contributed by atoms with Crippen LogP contribution in [0.15, 0.2) is 84.6 Å². The minimum Gasteiger partial charge on any atom is -0.506 e. The van der Waals surface area contributed by atoms with Gasteiger partial charge in [0, 0.05) is 75.7 Å². The maximum absolute atomic E-state index is 11.7. The van der Waals surface area contributed by atoms with Crippen molar-refractivity contribution >= 4 is 45.5 Å². The molecule has 104 heavy (non-hydrogen) atoms. The zero-order valence-electron chi connectivity index (χ0n) is 60.6. The Morgan fingerprint density at radius 3 is 0.750 bits per heavy atom. The molecule has 4 aromatic carbocycles. The fourth-order valence-electron chi connectivity index (χ4n) is 9.86. The number of rotatable bonds is 60. The summed E-state index contributed by atoms with van der Waals surface area (Å²) in [6, 6.07) is 15.6. The molecular weight excluding hydrogens is 1360 g/mol. The number of benzene rings is 4. The molecule has 8 bridgehead atoms. The maximum atomic E-state index is 11.7. The molecule has 3 aliphatic rings. The Morgan fingerprint density at radius 2 is 0.481 bits per heavy atom. The van der Waals surface area contributed by atoms with E-state index in [9.17, 15) is 5.11 Å². The fourth-order valence-corrected chi connectivity index (χ4v) is 9.86. The third kappa shape index (κ3) is 28.1. The maximum Gasteiger partial charge on any atom is 0.164 e. The van der Waals surface area contributed by atoms with Gasteiger partial charge in [0.15, 0.2) is 57.8 Å². The van der Waals surface area contributed by atoms with Crippen molar-refractivity contribution in [3.8, 4) is 40.2 Å². The summed E-state index contributed by atoms with van der Waals surface area (Å²) in [4.78, 5) is 34.7. The van der Waals surface area contributed by atoms with Crippen LogP contribution in [0.3, 0.4) is 0 Å². The number of aromatic hydroxyl groups is 1. The summed E-state index contributed by atoms with van der Waals surface area (Å²) in [5, 5.41) is 12.8. The number of phenolic OH excluding ortho intramolecular Hbond substituents is 1. The van der Waals surface area contributed by atoms with E-state index in [0.717, 1.165) is 0 Å². The molecule has 0 aliphatic carbocycles. The van der Waals surface area contributed by atoms with Gasteiger partial charge in [-0.15, -0.1) is 0 Å². The lowest BCUT2D eigenvalue weighted by Gasteiger charge is -2.15. The predicted molar refractivity (Wildman–Crippen MR) is 381 cm³/mol. The van der Waals surface area contributed by atoms with Crippen LogP contribution in [0.25, 0.3) is 10.8 Å². The molecular formula is C72H101N7O25. The van der Waals surface area contributed by atoms with Gasteiger partial charge in [0.05, 0.1) is 204 Å². The lowest BCUT2D eigenvalue weighted by atomic mass is 10.1. The van der Waals surface area contributed by atoms with E-state index in [-0.39, 0.29) is 114 Å². The summed E-state index contributed by atoms with van der Waals surface area (Å²) < 4.78 is 139. The van der Waals surface area contributed by atoms with Crippen LogP contribution < -0.4 is 39.4 Å². The van der Waals surface area contributed by atoms with Gasteiger partial charge in [0.2, 0.25) is 0 Å². The molecule has 32 nitrogen and oxygen atoms in total. The fraction of sp³-hybridized carbons (Fsp3) is 0.583. The summed E-state index contributed by atoms with van der Waals surface area (Å²) in [5.74, 6) is 2.90. The topological polar surface area (TPSA) is 332 Å². The van der Waals surface area contributed by atoms with E-state index in [4.69, 9.17) is 144 Å². The van der Waals surface area contributed by atoms with Crippen molar-refractivity contribution in [1.82, 2.24) is 4.98 Å². The molecule has 0 atom stereocenters. The SMILES string of the molecule is COCCOCCOCCOc1cc2c(cc1OCCOCCOCCOC)C1=Nc3ccc(O)c(c3)N=C3N=C(N=c4[nH]c(c5cc(OCCOCCOCCOC)c(OCCOCCOCCOC)cc45)=NC2=N1)c1cc(OCCOCCOCCOC)c(OCCOCCOCCOC)cc13. The second-order valence-electron chi connectivity index (χ2n) is 22.4. The first-order valence-electron chi connectivity index (χ1n) is 34.7. The highest BCUT2D eigenvalue weighted by Gasteiger charge is 2.30. The van der Waals surface area contributed by atoms with Crippen LogP contribution in [0.2, 0.25) is 0 Å². The lowest BCUT2D eigenvalue weighted by molar-refractivity contribution is 0.0159. The molecule has 0 unspecified atom stereocenters. The Labute approximate surface area is 605 Å². The highest BCUT2D eigenvalue weighted by Crippen LogP contribution is 2.40. The van der Waals surface area contributed by atoms with Gasteiger partial charge in [-0.05, 0) is 54.6 Å². The van der Waals surface area contributed by atoms with Crippen molar-refractivity contribution in [3.05, 3.63) is 87.8 Å². The Morgan fingerprint density at radius 1 is 0.250 bits per heavy atom. The molecule has 8 rings (SSSR count). The lowest BCUT2D eigenvalue weighted by Crippen LogP contribution is -2.16. The van der Waals surface area contributed by atoms with Crippen molar-refractivity contribution in [1.29, 1.82) is 0 Å². The molecule has 0 radical (unpaired) electrons. The van der Waals surface area contributed by atoms with Gasteiger partial charge >= 0.3 is 0 Å². The summed E-state index contributed by atoms with van der Waals surface area (Å²) in [7, 11) is 9.71. The molecule has 574 valence electrons. The van der Waals surface area contributed by atoms with E-state index in [1.807, 2.05) is 18.2 Å². The second kappa shape index (κ2) is 49.4. The van der Waals surface area contributed by atoms with Crippen molar-refractivity contribution < 1.29 is 119 Å². The number of hydrogen-bond acceptors (Lipinski definition) is 31. The molecule has 3 aliphatic heterocycles. The number of phenols is 1. The Kier molecular flexibility index (Phi) is 39.1. The Balaban J connectivity index is 1.24. The molecule has 0 saturated heterocycles. The number of fused-ring (bicyclic) bond motifs is 15. The normalized spacial score (nSPS) is 12.9. The third-order valence-corrected chi connectivity index (χ3v) is 15.0. The zero-order chi connectivity index (χ0) is 72.9. The van der Waals surface area contributed by atoms with Gasteiger partial charge in [-0.2, -0.15) is 0 Å². The quantitative estimate of drug-likeness (QED) is 0.0491. The number of nitrogens with one attached hydrogen (secondary N) is 1. The molecule has 1 aromatic heterocycles. The van der Waals surface area contributed by atoms with Crippen LogP contribution in [-0.4, -0.2) is 314 Å². The molecule has 32 heteroatoms. The van der Waals surface area contributed by atoms with Crippen LogP contribution >= 0.6 is 0 Å². The molecule has 0 amide bonds. The minimum atomic E-state index is -0.159. The first kappa shape index (κ1) is 82.2. The zero-order valence-corrected chi connectivity index (χ0v) is 60.6. The van der Waals surface area contributed by atoms with E-state index in [1.165, 1.54) is 6.07 Å². The predicted octanol–water partition coefficient (Wildman–Crippen LogP) is 4.85. The second-order valence-corrected chi connectivity index (χ2v) is 22.4. The first-order valence-corrected chi connectivity index (χ1v) is 34.7. The summed E-state index contributed by atoms with van der Waals surface area (Å²) in [5.41, 5.74) is 3.24. The number of nitrogens with zero attached hydrogens (tertiary/aromatic N) is 6. The van der Waals surface area contributed by atoms with Crippen molar-refractivity contribution in [2.24, 2.45) is 30.0 Å². The van der Waals surface area contributed by atoms with Crippen molar-refractivity contribution in [2.45, 2.75) is 0 Å². The van der Waals surface area contributed by atoms with Crippen LogP contribution in [-0.2, 0) is 85.3 Å². The van der Waals surface area contributed by atoms with Gasteiger partial charge in [0.1, 0.15) is 62.1 Å². The monoisotopic (exact) mass is 1460 g/mol. The van der Waals surface area contributed by atoms with Gasteiger partial charge in [-0.1, -0.05) is 0 Å². The molecule has 4 heterocycles. The van der Waals surface area contributed by atoms with Crippen LogP contribution in [0.4, 0.5) is 11.4 Å². The highest BCUT2D eigenvalue weighted by molar-refractivity contribution is 6.25. The summed E-state index contributed by atoms with van der Waals surface area (Å²) in [6.45, 7) is 11.9. The average Bonchev–Trinajstić information content (AvgIpc) is 1.59. The largest absolute Gasteiger partial charge is 0.506 e. The average molecular weight is 1460 g/mol. The number of methoxy groups -OCH3 is 6. The number of aromatic nitrogens is 1. The first-order chi connectivity index (χ1) is 51.4. The van der Waals surface area contributed by atoms with E-state index in [0.29, 0.717) is 243 Å². The van der Waals surface area contributed by atoms with E-state index in [2.05, 4.69) is 4.98 Å². The van der Waals surface area contributed by atoms with Crippen LogP contribution in [0.5, 0.6) is 40.2 Å². The van der Waals surface area contributed by atoms with E-state index >= 15 is 0 Å². The standard InChI is InChI=1S/C72H101N7O25/c1-81-9-15-87-21-27-93-33-39-99-61-46-53-55(48-63(61)101-41-35-95-29-23-89-17-11-83-3)69-75-67(53)73-52-7-8-60(80)59(45-52)74-68-54-47-62(100-40-34-94-28-22-88-16-10-82-2)64(102-42-36-96-30-24-90-18-12-84-4)49-56(54)70(76-68)78-72-58-51-66(104-44-38-98-32-26-92-20-14-86-6)65(50-57(58)71(77-69)79-72)103-43-37-97-31-25-91-19-13-85-5/h7-8,45-51,80H,9-44H2,1-6H3,(H,73,74,75,76,77,78,79). The number of H-pyrrole nitrogens is 1. The number of amidine groups is 4. The number of aromatic amines is 1. The smallest absolute Gasteiger partial charge is 0.164 e. The molecule has 0 fully saturated rings. The van der Waals surface area contributed by atoms with Crippen LogP contribution in [0.1, 0.15) is 22.3 Å². The molecule has 5 aromatic rings. The number of ether oxygens (including phenoxy) is 24. The number of aliphatic imine (C=N–C) groups is 4. The van der Waals surface area contributed by atoms with Gasteiger partial charge in [0.25, 0.3) is 0 Å². The summed E-state index contributed by atoms with van der Waals surface area (Å²) in [6.07, 6.45) is 0.